The molecular formula is C20H22ClN7O2. The van der Waals surface area contributed by atoms with E-state index in [-0.39, 0.29) is 11.4 Å². The largest absolute Gasteiger partial charge is 0.354 e. The minimum atomic E-state index is -0.468. The Labute approximate surface area is 179 Å². The number of anilines is 3. The number of rotatable bonds is 9. The Morgan fingerprint density at radius 1 is 1.13 bits per heavy atom. The molecule has 0 fully saturated rings. The molecule has 2 aromatic heterocycles. The third kappa shape index (κ3) is 5.85. The first kappa shape index (κ1) is 21.4. The Morgan fingerprint density at radius 3 is 2.60 bits per heavy atom. The van der Waals surface area contributed by atoms with Gasteiger partial charge in [0, 0.05) is 41.7 Å². The first-order valence-corrected chi connectivity index (χ1v) is 9.69. The van der Waals surface area contributed by atoms with Crippen molar-refractivity contribution in [2.45, 2.75) is 6.42 Å². The molecule has 0 aliphatic heterocycles. The lowest BCUT2D eigenvalue weighted by Crippen LogP contribution is -2.17. The van der Waals surface area contributed by atoms with Crippen molar-refractivity contribution in [1.82, 2.24) is 19.9 Å². The zero-order valence-electron chi connectivity index (χ0n) is 16.7. The van der Waals surface area contributed by atoms with Gasteiger partial charge in [-0.1, -0.05) is 11.6 Å². The molecule has 0 amide bonds. The number of nitro benzene ring substituents is 1. The van der Waals surface area contributed by atoms with Gasteiger partial charge in [0.1, 0.15) is 11.5 Å². The monoisotopic (exact) mass is 427 g/mol. The van der Waals surface area contributed by atoms with Crippen LogP contribution in [-0.4, -0.2) is 52.0 Å². The van der Waals surface area contributed by atoms with Gasteiger partial charge in [0.25, 0.3) is 5.69 Å². The van der Waals surface area contributed by atoms with Crippen LogP contribution in [0.3, 0.4) is 0 Å². The van der Waals surface area contributed by atoms with Gasteiger partial charge in [0.05, 0.1) is 10.6 Å². The molecule has 0 spiro atoms. The van der Waals surface area contributed by atoms with Crippen LogP contribution in [0.1, 0.15) is 6.42 Å². The number of hydrogen-bond donors (Lipinski definition) is 2. The molecule has 2 N–H and O–H groups in total. The molecule has 2 heterocycles. The number of nitrogens with zero attached hydrogens (tertiary/aromatic N) is 5. The normalized spacial score (nSPS) is 10.8. The summed E-state index contributed by atoms with van der Waals surface area (Å²) in [6.07, 6.45) is 4.27. The molecule has 0 saturated heterocycles. The Hall–Kier alpha value is -3.30. The fourth-order valence-corrected chi connectivity index (χ4v) is 2.93. The van der Waals surface area contributed by atoms with Gasteiger partial charge in [-0.2, -0.15) is 4.98 Å². The van der Waals surface area contributed by atoms with Crippen LogP contribution >= 0.6 is 11.6 Å². The van der Waals surface area contributed by atoms with E-state index in [0.29, 0.717) is 29.0 Å². The van der Waals surface area contributed by atoms with Gasteiger partial charge in [0.15, 0.2) is 0 Å². The van der Waals surface area contributed by atoms with Gasteiger partial charge in [-0.3, -0.25) is 15.1 Å². The number of aromatic nitrogens is 3. The quantitative estimate of drug-likeness (QED) is 0.297. The van der Waals surface area contributed by atoms with Crippen molar-refractivity contribution in [3.8, 4) is 11.3 Å². The average Bonchev–Trinajstić information content (AvgIpc) is 2.71. The van der Waals surface area contributed by atoms with Gasteiger partial charge in [-0.15, -0.1) is 0 Å². The second-order valence-electron chi connectivity index (χ2n) is 6.83. The highest BCUT2D eigenvalue weighted by Gasteiger charge is 2.16. The number of hydrogen-bond acceptors (Lipinski definition) is 8. The van der Waals surface area contributed by atoms with E-state index in [1.54, 1.807) is 18.5 Å². The Morgan fingerprint density at radius 2 is 1.90 bits per heavy atom. The Kier molecular flexibility index (Phi) is 7.10. The maximum Gasteiger partial charge on any atom is 0.292 e. The van der Waals surface area contributed by atoms with Crippen LogP contribution in [0.5, 0.6) is 0 Å². The van der Waals surface area contributed by atoms with Crippen molar-refractivity contribution in [2.75, 3.05) is 37.8 Å². The summed E-state index contributed by atoms with van der Waals surface area (Å²) in [5.41, 5.74) is 1.68. The molecule has 30 heavy (non-hydrogen) atoms. The third-order valence-electron chi connectivity index (χ3n) is 4.19. The van der Waals surface area contributed by atoms with Crippen molar-refractivity contribution in [1.29, 1.82) is 0 Å². The molecular weight excluding hydrogens is 406 g/mol. The molecule has 0 atom stereocenters. The van der Waals surface area contributed by atoms with E-state index in [1.807, 2.05) is 26.2 Å². The van der Waals surface area contributed by atoms with E-state index in [4.69, 9.17) is 11.6 Å². The standard InChI is InChI=1S/C20H22ClN7O2/c1-27(2)11-3-8-23-20-25-16(14-6-9-22-10-7-14)13-19(26-20)24-17-12-15(21)4-5-18(17)28(29)30/h4-7,9-10,12-13H,3,8,11H2,1-2H3,(H2,23,24,25,26). The summed E-state index contributed by atoms with van der Waals surface area (Å²) < 4.78 is 0. The molecule has 10 heteroatoms. The first-order valence-electron chi connectivity index (χ1n) is 9.31. The summed E-state index contributed by atoms with van der Waals surface area (Å²) in [4.78, 5) is 26.1. The van der Waals surface area contributed by atoms with Crippen LogP contribution in [-0.2, 0) is 0 Å². The molecule has 9 nitrogen and oxygen atoms in total. The number of benzene rings is 1. The van der Waals surface area contributed by atoms with E-state index in [2.05, 4.69) is 30.5 Å². The number of halogens is 1. The zero-order chi connectivity index (χ0) is 21.5. The highest BCUT2D eigenvalue weighted by atomic mass is 35.5. The zero-order valence-corrected chi connectivity index (χ0v) is 17.4. The fraction of sp³-hybridized carbons (Fsp3) is 0.250. The van der Waals surface area contributed by atoms with Crippen LogP contribution in [0.25, 0.3) is 11.3 Å². The lowest BCUT2D eigenvalue weighted by molar-refractivity contribution is -0.383. The van der Waals surface area contributed by atoms with Gasteiger partial charge in [-0.05, 0) is 51.3 Å². The number of nitrogens with one attached hydrogen (secondary N) is 2. The van der Waals surface area contributed by atoms with Crippen LogP contribution in [0, 0.1) is 10.1 Å². The SMILES string of the molecule is CN(C)CCCNc1nc(Nc2cc(Cl)ccc2[N+](=O)[O-])cc(-c2ccncc2)n1. The first-order chi connectivity index (χ1) is 14.4. The molecule has 0 unspecified atom stereocenters. The van der Waals surface area contributed by atoms with E-state index in [0.717, 1.165) is 18.5 Å². The molecule has 0 aliphatic carbocycles. The van der Waals surface area contributed by atoms with E-state index < -0.39 is 4.92 Å². The highest BCUT2D eigenvalue weighted by Crippen LogP contribution is 2.31. The fourth-order valence-electron chi connectivity index (χ4n) is 2.76. The lowest BCUT2D eigenvalue weighted by Gasteiger charge is -2.13. The summed E-state index contributed by atoms with van der Waals surface area (Å²) in [5, 5.41) is 18.0. The van der Waals surface area contributed by atoms with E-state index >= 15 is 0 Å². The topological polar surface area (TPSA) is 109 Å². The molecule has 0 radical (unpaired) electrons. The molecule has 0 bridgehead atoms. The van der Waals surface area contributed by atoms with Gasteiger partial charge in [0.2, 0.25) is 5.95 Å². The van der Waals surface area contributed by atoms with Crippen molar-refractivity contribution in [2.24, 2.45) is 0 Å². The summed E-state index contributed by atoms with van der Waals surface area (Å²) in [7, 11) is 4.03. The lowest BCUT2D eigenvalue weighted by atomic mass is 10.2. The van der Waals surface area contributed by atoms with Crippen LogP contribution in [0.15, 0.2) is 48.8 Å². The smallest absolute Gasteiger partial charge is 0.292 e. The summed E-state index contributed by atoms with van der Waals surface area (Å²) in [6, 6.07) is 9.73. The predicted octanol–water partition coefficient (Wildman–Crippen LogP) is 4.21. The summed E-state index contributed by atoms with van der Waals surface area (Å²) in [6.45, 7) is 1.62. The maximum absolute atomic E-state index is 11.4. The molecule has 0 aliphatic rings. The number of pyridine rings is 1. The molecule has 156 valence electrons. The van der Waals surface area contributed by atoms with Crippen molar-refractivity contribution in [3.63, 3.8) is 0 Å². The summed E-state index contributed by atoms with van der Waals surface area (Å²) in [5.74, 6) is 0.840. The van der Waals surface area contributed by atoms with Crippen LogP contribution in [0.2, 0.25) is 5.02 Å². The van der Waals surface area contributed by atoms with Crippen molar-refractivity contribution >= 4 is 34.7 Å². The van der Waals surface area contributed by atoms with E-state index in [9.17, 15) is 10.1 Å². The molecule has 3 aromatic rings. The number of nitro groups is 1. The molecule has 1 aromatic carbocycles. The van der Waals surface area contributed by atoms with Gasteiger partial charge in [-0.25, -0.2) is 4.98 Å². The summed E-state index contributed by atoms with van der Waals surface area (Å²) >= 11 is 6.04. The Bertz CT molecular complexity index is 1020. The maximum atomic E-state index is 11.4. The minimum absolute atomic E-state index is 0.0936. The average molecular weight is 428 g/mol. The predicted molar refractivity (Wildman–Crippen MR) is 118 cm³/mol. The second kappa shape index (κ2) is 9.95. The van der Waals surface area contributed by atoms with Crippen LogP contribution in [0.4, 0.5) is 23.1 Å². The molecule has 3 rings (SSSR count). The Balaban J connectivity index is 1.92. The minimum Gasteiger partial charge on any atom is -0.354 e. The van der Waals surface area contributed by atoms with Gasteiger partial charge < -0.3 is 15.5 Å². The highest BCUT2D eigenvalue weighted by molar-refractivity contribution is 6.31. The third-order valence-corrected chi connectivity index (χ3v) is 4.42. The van der Waals surface area contributed by atoms with Crippen LogP contribution < -0.4 is 10.6 Å². The van der Waals surface area contributed by atoms with Gasteiger partial charge >= 0.3 is 0 Å². The van der Waals surface area contributed by atoms with E-state index in [1.165, 1.54) is 18.2 Å². The second-order valence-corrected chi connectivity index (χ2v) is 7.26. The van der Waals surface area contributed by atoms with Crippen molar-refractivity contribution in [3.05, 3.63) is 63.9 Å². The van der Waals surface area contributed by atoms with Crippen molar-refractivity contribution < 1.29 is 4.92 Å². The molecule has 0 saturated carbocycles.